The lowest BCUT2D eigenvalue weighted by Crippen LogP contribution is -2.51. The topological polar surface area (TPSA) is 47.3 Å². The van der Waals surface area contributed by atoms with Crippen LogP contribution in [0, 0.1) is 16.7 Å². The van der Waals surface area contributed by atoms with Crippen molar-refractivity contribution in [1.82, 2.24) is 9.80 Å². The number of hydrogen-bond donors (Lipinski definition) is 0. The molecule has 1 aliphatic carbocycles. The molecule has 2 fully saturated rings. The Balaban J connectivity index is 2.07. The number of likely N-dealkylation sites (N-methyl/N-ethyl adjacent to an activating group) is 1. The first-order valence-corrected chi connectivity index (χ1v) is 6.96. The highest BCUT2D eigenvalue weighted by molar-refractivity contribution is 5.86. The molecule has 0 aromatic carbocycles. The fourth-order valence-corrected chi connectivity index (χ4v) is 3.22. The van der Waals surface area contributed by atoms with Crippen molar-refractivity contribution in [2.45, 2.75) is 44.6 Å². The van der Waals surface area contributed by atoms with Crippen LogP contribution < -0.4 is 0 Å². The van der Waals surface area contributed by atoms with Gasteiger partial charge in [0.15, 0.2) is 0 Å². The molecule has 0 bridgehead atoms. The normalized spacial score (nSPS) is 27.2. The van der Waals surface area contributed by atoms with Crippen molar-refractivity contribution < 1.29 is 4.79 Å². The highest BCUT2D eigenvalue weighted by Crippen LogP contribution is 2.39. The van der Waals surface area contributed by atoms with Crippen molar-refractivity contribution in [2.24, 2.45) is 5.41 Å². The molecule has 1 unspecified atom stereocenters. The van der Waals surface area contributed by atoms with Gasteiger partial charge < -0.3 is 9.80 Å². The van der Waals surface area contributed by atoms with E-state index in [1.165, 1.54) is 0 Å². The number of likely N-dealkylation sites (tertiary alicyclic amines) is 1. The van der Waals surface area contributed by atoms with E-state index in [1.807, 2.05) is 4.90 Å². The number of hydrogen-bond acceptors (Lipinski definition) is 3. The lowest BCUT2D eigenvalue weighted by molar-refractivity contribution is -0.140. The van der Waals surface area contributed by atoms with Crippen LogP contribution in [0.3, 0.4) is 0 Å². The van der Waals surface area contributed by atoms with Crippen LogP contribution in [0.5, 0.6) is 0 Å². The van der Waals surface area contributed by atoms with Gasteiger partial charge in [-0.25, -0.2) is 0 Å². The summed E-state index contributed by atoms with van der Waals surface area (Å²) < 4.78 is 0. The fraction of sp³-hybridized carbons (Fsp3) is 0.857. The third-order valence-corrected chi connectivity index (χ3v) is 4.49. The van der Waals surface area contributed by atoms with Crippen LogP contribution in [0.4, 0.5) is 0 Å². The van der Waals surface area contributed by atoms with E-state index in [9.17, 15) is 10.1 Å². The molecule has 0 aromatic heterocycles. The molecule has 4 nitrogen and oxygen atoms in total. The predicted molar refractivity (Wildman–Crippen MR) is 69.8 cm³/mol. The van der Waals surface area contributed by atoms with Crippen LogP contribution in [0.15, 0.2) is 0 Å². The van der Waals surface area contributed by atoms with Gasteiger partial charge in [-0.05, 0) is 39.8 Å². The lowest BCUT2D eigenvalue weighted by atomic mass is 9.85. The molecule has 0 N–H and O–H groups in total. The molecule has 1 saturated carbocycles. The second kappa shape index (κ2) is 5.27. The van der Waals surface area contributed by atoms with Gasteiger partial charge in [-0.15, -0.1) is 0 Å². The average Bonchev–Trinajstić information content (AvgIpc) is 2.88. The third-order valence-electron chi connectivity index (χ3n) is 4.49. The number of nitriles is 1. The van der Waals surface area contributed by atoms with Crippen LogP contribution in [0.2, 0.25) is 0 Å². The van der Waals surface area contributed by atoms with Crippen LogP contribution in [0.1, 0.15) is 38.5 Å². The van der Waals surface area contributed by atoms with Crippen LogP contribution >= 0.6 is 0 Å². The second-order valence-corrected chi connectivity index (χ2v) is 5.91. The predicted octanol–water partition coefficient (Wildman–Crippen LogP) is 1.62. The molecule has 0 spiro atoms. The number of amides is 1. The number of carbonyl (C=O) groups excluding carboxylic acids is 1. The Labute approximate surface area is 110 Å². The molecule has 2 rings (SSSR count). The second-order valence-electron chi connectivity index (χ2n) is 5.91. The van der Waals surface area contributed by atoms with E-state index in [2.05, 4.69) is 25.1 Å². The van der Waals surface area contributed by atoms with Crippen LogP contribution in [-0.2, 0) is 4.79 Å². The summed E-state index contributed by atoms with van der Waals surface area (Å²) in [5.74, 6) is 0.0917. The summed E-state index contributed by atoms with van der Waals surface area (Å²) in [6.45, 7) is 1.61. The largest absolute Gasteiger partial charge is 0.340 e. The maximum Gasteiger partial charge on any atom is 0.243 e. The molecular weight excluding hydrogens is 226 g/mol. The smallest absolute Gasteiger partial charge is 0.243 e. The Kier molecular flexibility index (Phi) is 3.91. The minimum Gasteiger partial charge on any atom is -0.340 e. The van der Waals surface area contributed by atoms with Gasteiger partial charge in [-0.2, -0.15) is 5.26 Å². The molecular formula is C14H23N3O. The van der Waals surface area contributed by atoms with E-state index in [0.29, 0.717) is 6.04 Å². The first kappa shape index (κ1) is 13.4. The molecule has 1 atom stereocenters. The zero-order valence-electron chi connectivity index (χ0n) is 11.5. The van der Waals surface area contributed by atoms with E-state index in [0.717, 1.165) is 51.6 Å². The van der Waals surface area contributed by atoms with Crippen molar-refractivity contribution in [1.29, 1.82) is 5.26 Å². The molecule has 1 aliphatic heterocycles. The Bertz CT molecular complexity index is 353. The maximum absolute atomic E-state index is 12.6. The molecule has 0 radical (unpaired) electrons. The van der Waals surface area contributed by atoms with E-state index >= 15 is 0 Å². The van der Waals surface area contributed by atoms with Crippen molar-refractivity contribution in [3.05, 3.63) is 0 Å². The summed E-state index contributed by atoms with van der Waals surface area (Å²) in [5.41, 5.74) is -0.700. The fourth-order valence-electron chi connectivity index (χ4n) is 3.22. The Morgan fingerprint density at radius 1 is 1.33 bits per heavy atom. The van der Waals surface area contributed by atoms with Gasteiger partial charge in [0.1, 0.15) is 5.41 Å². The van der Waals surface area contributed by atoms with Gasteiger partial charge >= 0.3 is 0 Å². The first-order valence-electron chi connectivity index (χ1n) is 6.96. The lowest BCUT2D eigenvalue weighted by Gasteiger charge is -2.38. The third kappa shape index (κ3) is 2.37. The number of carbonyl (C=O) groups is 1. The van der Waals surface area contributed by atoms with Crippen LogP contribution in [-0.4, -0.2) is 48.9 Å². The summed E-state index contributed by atoms with van der Waals surface area (Å²) in [6, 6.07) is 2.76. The zero-order valence-corrected chi connectivity index (χ0v) is 11.5. The molecule has 1 saturated heterocycles. The minimum atomic E-state index is -0.700. The van der Waals surface area contributed by atoms with E-state index in [-0.39, 0.29) is 5.91 Å². The Morgan fingerprint density at radius 2 is 2.00 bits per heavy atom. The average molecular weight is 249 g/mol. The molecule has 1 heterocycles. The van der Waals surface area contributed by atoms with Gasteiger partial charge in [0.05, 0.1) is 6.07 Å². The standard InChI is InChI=1S/C14H23N3O/c1-16(2)12-6-5-9-17(10-12)13(18)14(11-15)7-3-4-8-14/h12H,3-10H2,1-2H3. The summed E-state index contributed by atoms with van der Waals surface area (Å²) >= 11 is 0. The van der Waals surface area contributed by atoms with Gasteiger partial charge in [0.2, 0.25) is 5.91 Å². The van der Waals surface area contributed by atoms with E-state index in [1.54, 1.807) is 0 Å². The highest BCUT2D eigenvalue weighted by atomic mass is 16.2. The Hall–Kier alpha value is -1.08. The minimum absolute atomic E-state index is 0.0917. The summed E-state index contributed by atoms with van der Waals surface area (Å²) in [4.78, 5) is 16.7. The van der Waals surface area contributed by atoms with Crippen molar-refractivity contribution >= 4 is 5.91 Å². The van der Waals surface area contributed by atoms with Gasteiger partial charge in [0.25, 0.3) is 0 Å². The number of piperidine rings is 1. The molecule has 1 amide bonds. The molecule has 0 aromatic rings. The van der Waals surface area contributed by atoms with E-state index in [4.69, 9.17) is 0 Å². The van der Waals surface area contributed by atoms with Crippen molar-refractivity contribution in [3.63, 3.8) is 0 Å². The van der Waals surface area contributed by atoms with Gasteiger partial charge in [-0.1, -0.05) is 12.8 Å². The quantitative estimate of drug-likeness (QED) is 0.747. The van der Waals surface area contributed by atoms with Crippen LogP contribution in [0.25, 0.3) is 0 Å². The first-order chi connectivity index (χ1) is 8.59. The summed E-state index contributed by atoms with van der Waals surface area (Å²) in [7, 11) is 4.13. The summed E-state index contributed by atoms with van der Waals surface area (Å²) in [5, 5.41) is 9.38. The Morgan fingerprint density at radius 3 is 2.56 bits per heavy atom. The van der Waals surface area contributed by atoms with Crippen molar-refractivity contribution in [3.8, 4) is 6.07 Å². The van der Waals surface area contributed by atoms with Gasteiger partial charge in [0, 0.05) is 19.1 Å². The molecule has 4 heteroatoms. The van der Waals surface area contributed by atoms with Gasteiger partial charge in [-0.3, -0.25) is 4.79 Å². The molecule has 100 valence electrons. The number of nitrogens with zero attached hydrogens (tertiary/aromatic N) is 3. The molecule has 18 heavy (non-hydrogen) atoms. The highest BCUT2D eigenvalue weighted by Gasteiger charge is 2.44. The monoisotopic (exact) mass is 249 g/mol. The zero-order chi connectivity index (χ0) is 13.2. The SMILES string of the molecule is CN(C)C1CCCN(C(=O)C2(C#N)CCCC2)C1. The van der Waals surface area contributed by atoms with E-state index < -0.39 is 5.41 Å². The molecule has 2 aliphatic rings. The number of rotatable bonds is 2. The van der Waals surface area contributed by atoms with Crippen molar-refractivity contribution in [2.75, 3.05) is 27.2 Å². The maximum atomic E-state index is 12.6. The summed E-state index contributed by atoms with van der Waals surface area (Å²) in [6.07, 6.45) is 5.75.